The average Bonchev–Trinajstić information content (AvgIpc) is 3.62. The molecule has 1 heterocycles. The molecular weight excluding hydrogens is 1060 g/mol. The summed E-state index contributed by atoms with van der Waals surface area (Å²) in [5.74, 6) is 0. The second kappa shape index (κ2) is 26.3. The van der Waals surface area contributed by atoms with Gasteiger partial charge in [-0.05, 0) is 11.1 Å². The Kier molecular flexibility index (Phi) is 30.6. The van der Waals surface area contributed by atoms with Crippen LogP contribution in [0.4, 0.5) is 0 Å². The average molecular weight is 1090 g/mol. The Hall–Kier alpha value is 2.73. The summed E-state index contributed by atoms with van der Waals surface area (Å²) < 4.78 is 10.4. The van der Waals surface area contributed by atoms with Gasteiger partial charge in [0.1, 0.15) is 0 Å². The largest absolute Gasteiger partial charge is 0 e. The van der Waals surface area contributed by atoms with Gasteiger partial charge in [0.05, 0.1) is 25.4 Å². The van der Waals surface area contributed by atoms with Crippen molar-refractivity contribution in [3.8, 4) is 0 Å². The number of epoxide rings is 1. The Labute approximate surface area is 254 Å². The van der Waals surface area contributed by atoms with Crippen molar-refractivity contribution in [2.45, 2.75) is 24.1 Å². The molecule has 1 aliphatic heterocycles. The molecule has 1 atom stereocenters. The van der Waals surface area contributed by atoms with Gasteiger partial charge in [-0.2, -0.15) is 0 Å². The number of hydrogen-bond acceptors (Lipinski definition) is 2. The minimum Gasteiger partial charge on any atom is 0 e. The zero-order valence-electron chi connectivity index (χ0n) is 16.7. The third-order valence-electron chi connectivity index (χ3n) is 3.24. The normalized spacial score (nSPS) is 13.1. The Balaban J connectivity index is 0. The van der Waals surface area contributed by atoms with Crippen molar-refractivity contribution in [1.29, 1.82) is 0 Å². The molecule has 0 spiro atoms. The second-order valence-electron chi connectivity index (χ2n) is 5.56. The molecule has 0 radical (unpaired) electrons. The summed E-state index contributed by atoms with van der Waals surface area (Å²) in [6.07, 6.45) is 0.801. The molecule has 0 bridgehead atoms. The van der Waals surface area contributed by atoms with E-state index in [-0.39, 0.29) is 33.8 Å². The summed E-state index contributed by atoms with van der Waals surface area (Å²) in [6.45, 7) is 1.65. The van der Waals surface area contributed by atoms with Gasteiger partial charge in [-0.15, -0.1) is 0 Å². The smallest absolute Gasteiger partial charge is 0 e. The zero-order valence-corrected chi connectivity index (χ0v) is 35.5. The van der Waals surface area contributed by atoms with E-state index in [9.17, 15) is 0 Å². The van der Waals surface area contributed by atoms with Crippen molar-refractivity contribution in [3.63, 3.8) is 0 Å². The Morgan fingerprint density at radius 2 is 1.33 bits per heavy atom. The molecule has 0 amide bonds. The van der Waals surface area contributed by atoms with Crippen LogP contribution in [0.25, 0.3) is 0 Å². The maximum Gasteiger partial charge on any atom is 0 e. The summed E-state index contributed by atoms with van der Waals surface area (Å²) in [4.78, 5) is 0. The van der Waals surface area contributed by atoms with Gasteiger partial charge in [-0.3, -0.25) is 0 Å². The van der Waals surface area contributed by atoms with Crippen molar-refractivity contribution < 1.29 is 59.2 Å². The van der Waals surface area contributed by atoms with E-state index in [1.165, 1.54) is 11.1 Å². The number of ether oxygens (including phenoxy) is 2. The van der Waals surface area contributed by atoms with Gasteiger partial charge >= 0.3 is 38.6 Å². The van der Waals surface area contributed by atoms with Crippen LogP contribution in [-0.2, 0) is 71.2 Å². The molecule has 2 aromatic carbocycles. The van der Waals surface area contributed by atoms with Crippen LogP contribution in [0.2, 0.25) is 0 Å². The van der Waals surface area contributed by atoms with E-state index in [0.29, 0.717) is 12.7 Å². The predicted octanol–water partition coefficient (Wildman–Crippen LogP) is 8.10. The van der Waals surface area contributed by atoms with Crippen LogP contribution in [0.15, 0.2) is 60.7 Å². The van der Waals surface area contributed by atoms with E-state index < -0.39 is 22.1 Å². The van der Waals surface area contributed by atoms with Crippen molar-refractivity contribution in [2.24, 2.45) is 0 Å². The first kappa shape index (κ1) is 34.9. The van der Waals surface area contributed by atoms with E-state index in [0.717, 1.165) is 27.9 Å². The first-order valence-corrected chi connectivity index (χ1v) is 26.8. The SMILES string of the molecule is BrCC(CBr)OCc1ccccc1.BrCC1CO1.BrCc1ccccc1.[Cl][Hg][Cl].[Hg]. The summed E-state index contributed by atoms with van der Waals surface area (Å²) in [5, 5.41) is 3.69. The molecule has 162 valence electrons. The van der Waals surface area contributed by atoms with Crippen molar-refractivity contribution >= 4 is 80.2 Å². The Bertz CT molecular complexity index is 582. The Morgan fingerprint density at radius 1 is 0.900 bits per heavy atom. The summed E-state index contributed by atoms with van der Waals surface area (Å²) in [6, 6.07) is 20.5. The molecule has 30 heavy (non-hydrogen) atoms. The maximum absolute atomic E-state index is 5.63. The van der Waals surface area contributed by atoms with Gasteiger partial charge < -0.3 is 9.47 Å². The van der Waals surface area contributed by atoms with Crippen LogP contribution in [0.3, 0.4) is 0 Å². The molecule has 1 unspecified atom stereocenters. The van der Waals surface area contributed by atoms with E-state index in [1.54, 1.807) is 0 Å². The molecule has 0 N–H and O–H groups in total. The molecule has 0 saturated carbocycles. The molecule has 2 aromatic rings. The van der Waals surface area contributed by atoms with Gasteiger partial charge in [0, 0.05) is 49.0 Å². The van der Waals surface area contributed by atoms with Crippen LogP contribution >= 0.6 is 80.2 Å². The second-order valence-corrected chi connectivity index (χ2v) is 15.9. The number of alkyl halides is 4. The van der Waals surface area contributed by atoms with Gasteiger partial charge in [-0.1, -0.05) is 124 Å². The first-order chi connectivity index (χ1) is 14.1. The third kappa shape index (κ3) is 22.5. The zero-order chi connectivity index (χ0) is 21.7. The molecule has 10 heteroatoms. The van der Waals surface area contributed by atoms with Gasteiger partial charge in [0.25, 0.3) is 0 Å². The molecule has 0 aromatic heterocycles. The molecule has 3 rings (SSSR count). The molecule has 1 fully saturated rings. The Morgan fingerprint density at radius 3 is 1.60 bits per heavy atom. The number of rotatable bonds is 7. The van der Waals surface area contributed by atoms with E-state index in [1.807, 2.05) is 36.4 Å². The molecular formula is C20H24Br4Cl2Hg2O2. The topological polar surface area (TPSA) is 21.8 Å². The number of halogens is 6. The van der Waals surface area contributed by atoms with E-state index in [2.05, 4.69) is 88.0 Å². The van der Waals surface area contributed by atoms with E-state index >= 15 is 0 Å². The fraction of sp³-hybridized carbons (Fsp3) is 0.400. The standard InChI is InChI=1S/C10H12Br2O.C7H7Br.C3H5BrO.2ClH.2Hg/c11-6-10(7-12)13-8-9-4-2-1-3-5-9;8-6-7-4-2-1-3-5-7;4-1-3-2-5-3;;;;/h1-5,10H,6-8H2;1-5H,6H2;3H,1-2H2;2*1H;;/q;;;;;;+2/p-2. The monoisotopic (exact) mass is 1090 g/mol. The summed E-state index contributed by atoms with van der Waals surface area (Å²) in [5.41, 5.74) is 2.54. The summed E-state index contributed by atoms with van der Waals surface area (Å²) >= 11 is 12.3. The molecule has 0 aliphatic carbocycles. The quantitative estimate of drug-likeness (QED) is 0.159. The van der Waals surface area contributed by atoms with E-state index in [4.69, 9.17) is 26.0 Å². The van der Waals surface area contributed by atoms with Crippen molar-refractivity contribution in [2.75, 3.05) is 22.6 Å². The maximum atomic E-state index is 5.63. The van der Waals surface area contributed by atoms with Gasteiger partial charge in [0.15, 0.2) is 0 Å². The summed E-state index contributed by atoms with van der Waals surface area (Å²) in [7, 11) is 9.97. The van der Waals surface area contributed by atoms with Crippen molar-refractivity contribution in [1.82, 2.24) is 0 Å². The fourth-order valence-electron chi connectivity index (χ4n) is 1.64. The van der Waals surface area contributed by atoms with Crippen molar-refractivity contribution in [3.05, 3.63) is 71.8 Å². The number of benzene rings is 2. The fourth-order valence-corrected chi connectivity index (χ4v) is 3.84. The first-order valence-electron chi connectivity index (χ1n) is 8.81. The molecule has 1 saturated heterocycles. The van der Waals surface area contributed by atoms with Gasteiger partial charge in [-0.25, -0.2) is 0 Å². The van der Waals surface area contributed by atoms with Crippen LogP contribution in [0, 0.1) is 0 Å². The minimum absolute atomic E-state index is 0. The minimum atomic E-state index is -1.14. The van der Waals surface area contributed by atoms with Crippen LogP contribution in [-0.4, -0.2) is 34.8 Å². The van der Waals surface area contributed by atoms with Crippen LogP contribution in [0.1, 0.15) is 11.1 Å². The third-order valence-corrected chi connectivity index (χ3v) is 6.06. The number of hydrogen-bond donors (Lipinski definition) is 0. The molecule has 2 nitrogen and oxygen atoms in total. The van der Waals surface area contributed by atoms with Gasteiger partial charge in [0.2, 0.25) is 0 Å². The molecule has 1 aliphatic rings. The van der Waals surface area contributed by atoms with Crippen LogP contribution in [0.5, 0.6) is 0 Å². The van der Waals surface area contributed by atoms with Crippen LogP contribution < -0.4 is 0 Å². The predicted molar refractivity (Wildman–Crippen MR) is 137 cm³/mol.